The summed E-state index contributed by atoms with van der Waals surface area (Å²) in [6, 6.07) is 1.70. The maximum absolute atomic E-state index is 12.3. The second-order valence-corrected chi connectivity index (χ2v) is 6.12. The van der Waals surface area contributed by atoms with Crippen LogP contribution in [-0.2, 0) is 4.79 Å². The van der Waals surface area contributed by atoms with E-state index in [1.165, 1.54) is 6.92 Å². The number of alkyl halides is 1. The van der Waals surface area contributed by atoms with Crippen LogP contribution < -0.4 is 10.1 Å². The molecule has 1 aliphatic heterocycles. The molecule has 0 saturated carbocycles. The molecule has 0 spiro atoms. The molecule has 0 aromatic heterocycles. The molecule has 1 aromatic rings. The summed E-state index contributed by atoms with van der Waals surface area (Å²) < 4.78 is 5.75. The van der Waals surface area contributed by atoms with Crippen LogP contribution in [0.25, 0.3) is 0 Å². The van der Waals surface area contributed by atoms with E-state index >= 15 is 0 Å². The van der Waals surface area contributed by atoms with Crippen molar-refractivity contribution < 1.29 is 14.3 Å². The third-order valence-electron chi connectivity index (χ3n) is 3.90. The maximum atomic E-state index is 12.3. The number of benzene rings is 1. The summed E-state index contributed by atoms with van der Waals surface area (Å²) in [5.74, 6) is 0.577. The smallest absolute Gasteiger partial charge is 0.217 e. The quantitative estimate of drug-likeness (QED) is 0.689. The molecule has 1 N–H and O–H groups in total. The first-order valence-corrected chi connectivity index (χ1v) is 7.48. The third kappa shape index (κ3) is 3.05. The van der Waals surface area contributed by atoms with Crippen LogP contribution in [0, 0.1) is 13.8 Å². The van der Waals surface area contributed by atoms with Crippen LogP contribution in [0.3, 0.4) is 0 Å². The van der Waals surface area contributed by atoms with Gasteiger partial charge in [-0.3, -0.25) is 9.59 Å². The Hall–Kier alpha value is -1.55. The van der Waals surface area contributed by atoms with Gasteiger partial charge in [0, 0.05) is 24.5 Å². The zero-order valence-electron chi connectivity index (χ0n) is 12.7. The summed E-state index contributed by atoms with van der Waals surface area (Å²) in [4.78, 5) is 23.6. The topological polar surface area (TPSA) is 55.4 Å². The second-order valence-electron chi connectivity index (χ2n) is 5.46. The number of halogens is 1. The minimum absolute atomic E-state index is 0.0929. The van der Waals surface area contributed by atoms with Crippen molar-refractivity contribution in [3.8, 4) is 5.75 Å². The van der Waals surface area contributed by atoms with Gasteiger partial charge < -0.3 is 10.1 Å². The van der Waals surface area contributed by atoms with Crippen LogP contribution in [0.4, 0.5) is 0 Å². The van der Waals surface area contributed by atoms with Crippen molar-refractivity contribution in [1.82, 2.24) is 5.32 Å². The number of Topliss-reactive ketones (excluding diaryl/α,β-unsaturated/α-hetero) is 1. The van der Waals surface area contributed by atoms with Gasteiger partial charge in [0.1, 0.15) is 5.75 Å². The average Bonchev–Trinajstić information content (AvgIpc) is 2.42. The van der Waals surface area contributed by atoms with Crippen LogP contribution >= 0.6 is 11.6 Å². The minimum Gasteiger partial charge on any atom is -0.493 e. The summed E-state index contributed by atoms with van der Waals surface area (Å²) in [7, 11) is 0. The monoisotopic (exact) mass is 309 g/mol. The van der Waals surface area contributed by atoms with E-state index in [2.05, 4.69) is 5.32 Å². The van der Waals surface area contributed by atoms with E-state index in [1.807, 2.05) is 19.9 Å². The van der Waals surface area contributed by atoms with Crippen LogP contribution in [0.15, 0.2) is 6.07 Å². The highest BCUT2D eigenvalue weighted by atomic mass is 35.5. The van der Waals surface area contributed by atoms with Crippen molar-refractivity contribution in [2.24, 2.45) is 0 Å². The molecule has 21 heavy (non-hydrogen) atoms. The summed E-state index contributed by atoms with van der Waals surface area (Å²) in [6.07, 6.45) is 0.694. The van der Waals surface area contributed by atoms with Gasteiger partial charge in [0.15, 0.2) is 5.78 Å². The molecule has 1 aromatic carbocycles. The summed E-state index contributed by atoms with van der Waals surface area (Å²) in [5.41, 5.74) is 3.28. The minimum atomic E-state index is -0.579. The Kier molecular flexibility index (Phi) is 4.57. The lowest BCUT2D eigenvalue weighted by atomic mass is 9.89. The molecule has 1 amide bonds. The van der Waals surface area contributed by atoms with Crippen molar-refractivity contribution in [3.63, 3.8) is 0 Å². The Morgan fingerprint density at radius 1 is 1.38 bits per heavy atom. The molecule has 0 saturated heterocycles. The Morgan fingerprint density at radius 3 is 2.62 bits per heavy atom. The number of hydrogen-bond donors (Lipinski definition) is 1. The van der Waals surface area contributed by atoms with Crippen molar-refractivity contribution in [1.29, 1.82) is 0 Å². The van der Waals surface area contributed by atoms with Crippen LogP contribution in [0.1, 0.15) is 53.4 Å². The highest BCUT2D eigenvalue weighted by molar-refractivity contribution is 6.33. The SMILES string of the molecule is CC(=O)NC1CCOc2c1cc(C(=O)C(C)Cl)c(C)c2C. The average molecular weight is 310 g/mol. The standard InChI is InChI=1S/C16H20ClNO3/c1-8-9(2)16-13(7-12(8)15(20)10(3)17)14(5-6-21-16)18-11(4)19/h7,10,14H,5-6H2,1-4H3,(H,18,19). The predicted molar refractivity (Wildman–Crippen MR) is 82.2 cm³/mol. The van der Waals surface area contributed by atoms with E-state index in [0.717, 1.165) is 22.4 Å². The fourth-order valence-corrected chi connectivity index (χ4v) is 2.79. The Balaban J connectivity index is 2.55. The lowest BCUT2D eigenvalue weighted by Gasteiger charge is -2.29. The lowest BCUT2D eigenvalue weighted by molar-refractivity contribution is -0.119. The Bertz CT molecular complexity index is 596. The highest BCUT2D eigenvalue weighted by Crippen LogP contribution is 2.38. The zero-order chi connectivity index (χ0) is 15.7. The lowest BCUT2D eigenvalue weighted by Crippen LogP contribution is -2.31. The molecule has 2 unspecified atom stereocenters. The molecule has 0 bridgehead atoms. The van der Waals surface area contributed by atoms with Gasteiger partial charge in [-0.25, -0.2) is 0 Å². The molecule has 4 nitrogen and oxygen atoms in total. The van der Waals surface area contributed by atoms with Crippen LogP contribution in [0.2, 0.25) is 0 Å². The molecule has 2 atom stereocenters. The molecule has 0 radical (unpaired) electrons. The first-order chi connectivity index (χ1) is 9.82. The summed E-state index contributed by atoms with van der Waals surface area (Å²) in [6.45, 7) is 7.54. The summed E-state index contributed by atoms with van der Waals surface area (Å²) in [5, 5.41) is 2.34. The number of carbonyl (C=O) groups excluding carboxylic acids is 2. The molecule has 5 heteroatoms. The number of fused-ring (bicyclic) bond motifs is 1. The molecular weight excluding hydrogens is 290 g/mol. The van der Waals surface area contributed by atoms with Gasteiger partial charge in [-0.1, -0.05) is 0 Å². The zero-order valence-corrected chi connectivity index (χ0v) is 13.5. The van der Waals surface area contributed by atoms with E-state index < -0.39 is 5.38 Å². The van der Waals surface area contributed by atoms with Crippen molar-refractivity contribution in [2.75, 3.05) is 6.61 Å². The van der Waals surface area contributed by atoms with E-state index in [0.29, 0.717) is 18.6 Å². The largest absolute Gasteiger partial charge is 0.493 e. The van der Waals surface area contributed by atoms with Crippen LogP contribution in [-0.4, -0.2) is 23.7 Å². The molecule has 2 rings (SSSR count). The fraction of sp³-hybridized carbons (Fsp3) is 0.500. The normalized spacial score (nSPS) is 18.4. The van der Waals surface area contributed by atoms with E-state index in [4.69, 9.17) is 16.3 Å². The highest BCUT2D eigenvalue weighted by Gasteiger charge is 2.28. The van der Waals surface area contributed by atoms with E-state index in [9.17, 15) is 9.59 Å². The van der Waals surface area contributed by atoms with Gasteiger partial charge in [0.2, 0.25) is 5.91 Å². The molecule has 0 fully saturated rings. The summed E-state index contributed by atoms with van der Waals surface area (Å²) >= 11 is 5.94. The van der Waals surface area contributed by atoms with Gasteiger partial charge in [-0.05, 0) is 38.0 Å². The molecule has 114 valence electrons. The number of hydrogen-bond acceptors (Lipinski definition) is 3. The number of ether oxygens (including phenoxy) is 1. The van der Waals surface area contributed by atoms with Gasteiger partial charge in [-0.2, -0.15) is 0 Å². The number of ketones is 1. The second kappa shape index (κ2) is 6.06. The van der Waals surface area contributed by atoms with Crippen molar-refractivity contribution in [2.45, 2.75) is 45.5 Å². The van der Waals surface area contributed by atoms with Gasteiger partial charge in [-0.15, -0.1) is 11.6 Å². The van der Waals surface area contributed by atoms with Gasteiger partial charge in [0.05, 0.1) is 18.0 Å². The third-order valence-corrected chi connectivity index (χ3v) is 4.10. The van der Waals surface area contributed by atoms with Crippen molar-refractivity contribution in [3.05, 3.63) is 28.3 Å². The van der Waals surface area contributed by atoms with E-state index in [-0.39, 0.29) is 17.7 Å². The number of carbonyl (C=O) groups is 2. The number of amides is 1. The van der Waals surface area contributed by atoms with E-state index in [1.54, 1.807) is 6.92 Å². The first kappa shape index (κ1) is 15.8. The molecule has 1 heterocycles. The van der Waals surface area contributed by atoms with Gasteiger partial charge in [0.25, 0.3) is 0 Å². The number of nitrogens with one attached hydrogen (secondary N) is 1. The number of rotatable bonds is 3. The van der Waals surface area contributed by atoms with Crippen LogP contribution in [0.5, 0.6) is 5.75 Å². The Morgan fingerprint density at radius 2 is 2.05 bits per heavy atom. The molecule has 1 aliphatic rings. The Labute approximate surface area is 129 Å². The predicted octanol–water partition coefficient (Wildman–Crippen LogP) is 3.07. The van der Waals surface area contributed by atoms with Gasteiger partial charge >= 0.3 is 0 Å². The first-order valence-electron chi connectivity index (χ1n) is 7.05. The molecular formula is C16H20ClNO3. The molecule has 0 aliphatic carbocycles. The maximum Gasteiger partial charge on any atom is 0.217 e. The van der Waals surface area contributed by atoms with Crippen molar-refractivity contribution >= 4 is 23.3 Å². The fourth-order valence-electron chi connectivity index (χ4n) is 2.67.